The molecule has 0 aromatic heterocycles. The van der Waals surface area contributed by atoms with Gasteiger partial charge in [-0.1, -0.05) is 30.2 Å². The molecule has 21 heavy (non-hydrogen) atoms. The van der Waals surface area contributed by atoms with Gasteiger partial charge in [-0.2, -0.15) is 0 Å². The Kier molecular flexibility index (Phi) is 6.07. The van der Waals surface area contributed by atoms with E-state index in [0.29, 0.717) is 13.0 Å². The van der Waals surface area contributed by atoms with Gasteiger partial charge in [0.2, 0.25) is 0 Å². The standard InChI is InChI=1S/C17H24ClNO2/c1-3-21-17(20)12-16(19-9-5-4-6-10-19)14-8-7-13(2)15(18)11-14/h7-8,11,16H,3-6,9-10,12H2,1-2H3. The lowest BCUT2D eigenvalue weighted by atomic mass is 9.98. The maximum absolute atomic E-state index is 11.9. The zero-order valence-corrected chi connectivity index (χ0v) is 13.7. The Hall–Kier alpha value is -1.06. The number of aryl methyl sites for hydroxylation is 1. The fourth-order valence-electron chi connectivity index (χ4n) is 2.88. The molecule has 1 aliphatic rings. The van der Waals surface area contributed by atoms with Gasteiger partial charge in [0.05, 0.1) is 13.0 Å². The molecule has 0 bridgehead atoms. The molecule has 1 atom stereocenters. The molecule has 1 heterocycles. The van der Waals surface area contributed by atoms with Crippen LogP contribution in [0.4, 0.5) is 0 Å². The molecule has 1 saturated heterocycles. The van der Waals surface area contributed by atoms with Crippen molar-refractivity contribution < 1.29 is 9.53 Å². The number of halogens is 1. The molecule has 1 fully saturated rings. The van der Waals surface area contributed by atoms with Crippen molar-refractivity contribution in [2.75, 3.05) is 19.7 Å². The van der Waals surface area contributed by atoms with Crippen LogP contribution in [0.15, 0.2) is 18.2 Å². The van der Waals surface area contributed by atoms with Crippen molar-refractivity contribution in [3.63, 3.8) is 0 Å². The number of hydrogen-bond acceptors (Lipinski definition) is 3. The van der Waals surface area contributed by atoms with E-state index in [4.69, 9.17) is 16.3 Å². The van der Waals surface area contributed by atoms with Crippen LogP contribution in [-0.2, 0) is 9.53 Å². The number of hydrogen-bond donors (Lipinski definition) is 0. The monoisotopic (exact) mass is 309 g/mol. The highest BCUT2D eigenvalue weighted by Crippen LogP contribution is 2.30. The fourth-order valence-corrected chi connectivity index (χ4v) is 3.07. The van der Waals surface area contributed by atoms with Crippen LogP contribution in [0, 0.1) is 6.92 Å². The molecule has 1 unspecified atom stereocenters. The minimum absolute atomic E-state index is 0.0717. The first kappa shape index (κ1) is 16.3. The maximum atomic E-state index is 11.9. The minimum atomic E-state index is -0.134. The minimum Gasteiger partial charge on any atom is -0.466 e. The predicted octanol–water partition coefficient (Wildman–Crippen LogP) is 4.13. The van der Waals surface area contributed by atoms with Crippen LogP contribution in [0.2, 0.25) is 5.02 Å². The molecule has 0 N–H and O–H groups in total. The van der Waals surface area contributed by atoms with Gasteiger partial charge in [0, 0.05) is 11.1 Å². The number of carbonyl (C=O) groups is 1. The molecular weight excluding hydrogens is 286 g/mol. The van der Waals surface area contributed by atoms with Crippen molar-refractivity contribution in [2.24, 2.45) is 0 Å². The zero-order chi connectivity index (χ0) is 15.2. The Morgan fingerprint density at radius 1 is 1.33 bits per heavy atom. The Morgan fingerprint density at radius 3 is 2.67 bits per heavy atom. The molecule has 1 aromatic rings. The first-order valence-corrected chi connectivity index (χ1v) is 8.15. The van der Waals surface area contributed by atoms with Gasteiger partial charge < -0.3 is 4.74 Å². The van der Waals surface area contributed by atoms with E-state index in [2.05, 4.69) is 11.0 Å². The van der Waals surface area contributed by atoms with Crippen LogP contribution in [0.3, 0.4) is 0 Å². The zero-order valence-electron chi connectivity index (χ0n) is 12.9. The summed E-state index contributed by atoms with van der Waals surface area (Å²) in [6.45, 7) is 6.34. The number of esters is 1. The number of nitrogens with zero attached hydrogens (tertiary/aromatic N) is 1. The first-order valence-electron chi connectivity index (χ1n) is 7.77. The molecule has 1 aliphatic heterocycles. The molecule has 0 radical (unpaired) electrons. The average Bonchev–Trinajstić information content (AvgIpc) is 2.49. The van der Waals surface area contributed by atoms with Gasteiger partial charge in [0.1, 0.15) is 0 Å². The highest BCUT2D eigenvalue weighted by atomic mass is 35.5. The van der Waals surface area contributed by atoms with E-state index >= 15 is 0 Å². The normalized spacial score (nSPS) is 17.5. The van der Waals surface area contributed by atoms with Crippen LogP contribution < -0.4 is 0 Å². The molecule has 3 nitrogen and oxygen atoms in total. The van der Waals surface area contributed by atoms with Crippen molar-refractivity contribution in [1.82, 2.24) is 4.90 Å². The van der Waals surface area contributed by atoms with Gasteiger partial charge >= 0.3 is 5.97 Å². The second-order valence-corrected chi connectivity index (χ2v) is 6.04. The van der Waals surface area contributed by atoms with Gasteiger partial charge in [-0.15, -0.1) is 0 Å². The summed E-state index contributed by atoms with van der Waals surface area (Å²) in [7, 11) is 0. The fraction of sp³-hybridized carbons (Fsp3) is 0.588. The maximum Gasteiger partial charge on any atom is 0.307 e. The molecule has 0 spiro atoms. The average molecular weight is 310 g/mol. The molecule has 4 heteroatoms. The van der Waals surface area contributed by atoms with E-state index in [-0.39, 0.29) is 12.0 Å². The Bertz CT molecular complexity index is 484. The second-order valence-electron chi connectivity index (χ2n) is 5.63. The summed E-state index contributed by atoms with van der Waals surface area (Å²) in [5.41, 5.74) is 2.18. The van der Waals surface area contributed by atoms with E-state index in [9.17, 15) is 4.79 Å². The number of rotatable bonds is 5. The van der Waals surface area contributed by atoms with E-state index < -0.39 is 0 Å². The van der Waals surface area contributed by atoms with Crippen molar-refractivity contribution in [2.45, 2.75) is 45.6 Å². The van der Waals surface area contributed by atoms with Gasteiger partial charge in [-0.3, -0.25) is 9.69 Å². The molecule has 0 saturated carbocycles. The quantitative estimate of drug-likeness (QED) is 0.766. The molecule has 2 rings (SSSR count). The summed E-state index contributed by atoms with van der Waals surface area (Å²) >= 11 is 6.26. The van der Waals surface area contributed by atoms with Gasteiger partial charge in [-0.05, 0) is 57.0 Å². The van der Waals surface area contributed by atoms with Gasteiger partial charge in [0.25, 0.3) is 0 Å². The highest BCUT2D eigenvalue weighted by Gasteiger charge is 2.25. The predicted molar refractivity (Wildman–Crippen MR) is 85.6 cm³/mol. The summed E-state index contributed by atoms with van der Waals surface area (Å²) in [6.07, 6.45) is 4.06. The third kappa shape index (κ3) is 4.45. The van der Waals surface area contributed by atoms with E-state index in [1.165, 1.54) is 19.3 Å². The summed E-state index contributed by atoms with van der Waals surface area (Å²) in [6, 6.07) is 6.18. The van der Waals surface area contributed by atoms with Crippen LogP contribution in [0.25, 0.3) is 0 Å². The number of likely N-dealkylation sites (tertiary alicyclic amines) is 1. The van der Waals surface area contributed by atoms with Gasteiger partial charge in [-0.25, -0.2) is 0 Å². The van der Waals surface area contributed by atoms with Crippen molar-refractivity contribution in [3.8, 4) is 0 Å². The Morgan fingerprint density at radius 2 is 2.05 bits per heavy atom. The van der Waals surface area contributed by atoms with Crippen LogP contribution >= 0.6 is 11.6 Å². The lowest BCUT2D eigenvalue weighted by molar-refractivity contribution is -0.144. The summed E-state index contributed by atoms with van der Waals surface area (Å²) in [5, 5.41) is 0.762. The third-order valence-electron chi connectivity index (χ3n) is 4.08. The topological polar surface area (TPSA) is 29.5 Å². The molecule has 0 aliphatic carbocycles. The van der Waals surface area contributed by atoms with Gasteiger partial charge in [0.15, 0.2) is 0 Å². The lowest BCUT2D eigenvalue weighted by Crippen LogP contribution is -2.35. The molecule has 0 amide bonds. The summed E-state index contributed by atoms with van der Waals surface area (Å²) in [5.74, 6) is -0.134. The number of carbonyl (C=O) groups excluding carboxylic acids is 1. The number of ether oxygens (including phenoxy) is 1. The largest absolute Gasteiger partial charge is 0.466 e. The van der Waals surface area contributed by atoms with Crippen LogP contribution in [0.1, 0.15) is 49.8 Å². The van der Waals surface area contributed by atoms with E-state index in [0.717, 1.165) is 29.2 Å². The number of benzene rings is 1. The van der Waals surface area contributed by atoms with E-state index in [1.807, 2.05) is 26.0 Å². The lowest BCUT2D eigenvalue weighted by Gasteiger charge is -2.34. The molecular formula is C17H24ClNO2. The van der Waals surface area contributed by atoms with Crippen molar-refractivity contribution in [1.29, 1.82) is 0 Å². The Labute approximate surface area is 132 Å². The molecule has 1 aromatic carbocycles. The first-order chi connectivity index (χ1) is 10.1. The smallest absolute Gasteiger partial charge is 0.307 e. The second kappa shape index (κ2) is 7.81. The number of piperidine rings is 1. The Balaban J connectivity index is 2.20. The summed E-state index contributed by atoms with van der Waals surface area (Å²) in [4.78, 5) is 14.3. The third-order valence-corrected chi connectivity index (χ3v) is 4.48. The van der Waals surface area contributed by atoms with Crippen molar-refractivity contribution >= 4 is 17.6 Å². The van der Waals surface area contributed by atoms with Crippen molar-refractivity contribution in [3.05, 3.63) is 34.3 Å². The summed E-state index contributed by atoms with van der Waals surface area (Å²) < 4.78 is 5.14. The van der Waals surface area contributed by atoms with Crippen LogP contribution in [-0.4, -0.2) is 30.6 Å². The molecule has 116 valence electrons. The SMILES string of the molecule is CCOC(=O)CC(c1ccc(C)c(Cl)c1)N1CCCCC1. The van der Waals surface area contributed by atoms with E-state index in [1.54, 1.807) is 0 Å². The highest BCUT2D eigenvalue weighted by molar-refractivity contribution is 6.31. The van der Waals surface area contributed by atoms with Crippen LogP contribution in [0.5, 0.6) is 0 Å².